The summed E-state index contributed by atoms with van der Waals surface area (Å²) in [5.41, 5.74) is 0.466. The van der Waals surface area contributed by atoms with E-state index in [4.69, 9.17) is 10.0 Å². The maximum atomic E-state index is 11.3. The lowest BCUT2D eigenvalue weighted by atomic mass is 10.1. The lowest BCUT2D eigenvalue weighted by molar-refractivity contribution is 0.0596. The van der Waals surface area contributed by atoms with E-state index >= 15 is 0 Å². The number of hydrogen-bond acceptors (Lipinski definition) is 6. The topological polar surface area (TPSA) is 88.9 Å². The van der Waals surface area contributed by atoms with Crippen LogP contribution in [0.15, 0.2) is 12.3 Å². The summed E-state index contributed by atoms with van der Waals surface area (Å²) < 4.78 is 9.14. The number of carbonyl (C=O) groups is 1. The maximum Gasteiger partial charge on any atom is 0.707 e. The van der Waals surface area contributed by atoms with E-state index in [2.05, 4.69) is 14.4 Å². The molecule has 0 aliphatic rings. The summed E-state index contributed by atoms with van der Waals surface area (Å²) >= 11 is 0. The molecule has 0 unspecified atom stereocenters. The minimum absolute atomic E-state index is 0.0179. The molecule has 7 heteroatoms. The molecule has 6 nitrogen and oxygen atoms in total. The van der Waals surface area contributed by atoms with E-state index in [-0.39, 0.29) is 11.3 Å². The van der Waals surface area contributed by atoms with Crippen molar-refractivity contribution in [2.45, 2.75) is 6.92 Å². The first-order valence-corrected chi connectivity index (χ1v) is 4.13. The number of aryl methyl sites for hydroxylation is 1. The molecular formula is C8H10BNO5. The van der Waals surface area contributed by atoms with Crippen LogP contribution in [0, 0.1) is 6.92 Å². The van der Waals surface area contributed by atoms with Gasteiger partial charge in [-0.25, -0.2) is 4.79 Å². The number of aromatic nitrogens is 1. The highest BCUT2D eigenvalue weighted by Crippen LogP contribution is 2.21. The van der Waals surface area contributed by atoms with Gasteiger partial charge in [-0.05, 0) is 13.0 Å². The zero-order valence-electron chi connectivity index (χ0n) is 8.30. The van der Waals surface area contributed by atoms with Crippen molar-refractivity contribution in [2.24, 2.45) is 0 Å². The third kappa shape index (κ3) is 2.68. The van der Waals surface area contributed by atoms with Gasteiger partial charge in [-0.15, -0.1) is 0 Å². The lowest BCUT2D eigenvalue weighted by Gasteiger charge is -2.10. The molecule has 1 heterocycles. The first-order chi connectivity index (χ1) is 7.06. The first-order valence-electron chi connectivity index (χ1n) is 4.13. The van der Waals surface area contributed by atoms with Gasteiger partial charge in [-0.2, -0.15) is 0 Å². The Morgan fingerprint density at radius 3 is 2.73 bits per heavy atom. The minimum atomic E-state index is -1.99. The fraction of sp³-hybridized carbons (Fsp3) is 0.250. The van der Waals surface area contributed by atoms with Gasteiger partial charge in [0.15, 0.2) is 0 Å². The van der Waals surface area contributed by atoms with E-state index in [1.807, 2.05) is 0 Å². The summed E-state index contributed by atoms with van der Waals surface area (Å²) in [4.78, 5) is 15.2. The van der Waals surface area contributed by atoms with E-state index in [0.717, 1.165) is 0 Å². The summed E-state index contributed by atoms with van der Waals surface area (Å²) in [5, 5.41) is 17.3. The van der Waals surface area contributed by atoms with Crippen LogP contribution < -0.4 is 4.65 Å². The number of methoxy groups -OCH3 is 1. The van der Waals surface area contributed by atoms with Crippen LogP contribution in [-0.2, 0) is 4.74 Å². The Kier molecular flexibility index (Phi) is 3.65. The highest BCUT2D eigenvalue weighted by molar-refractivity contribution is 6.34. The number of hydrogen-bond donors (Lipinski definition) is 2. The fourth-order valence-corrected chi connectivity index (χ4v) is 1.11. The SMILES string of the molecule is COC(=O)c1c(OB(O)O)ccnc1C. The molecule has 0 aliphatic heterocycles. The van der Waals surface area contributed by atoms with Crippen molar-refractivity contribution in [1.82, 2.24) is 4.98 Å². The van der Waals surface area contributed by atoms with E-state index in [9.17, 15) is 4.79 Å². The third-order valence-electron chi connectivity index (χ3n) is 1.72. The zero-order chi connectivity index (χ0) is 11.4. The minimum Gasteiger partial charge on any atom is -0.511 e. The van der Waals surface area contributed by atoms with Gasteiger partial charge < -0.3 is 19.4 Å². The van der Waals surface area contributed by atoms with Crippen LogP contribution in [0.3, 0.4) is 0 Å². The Morgan fingerprint density at radius 1 is 1.53 bits per heavy atom. The van der Waals surface area contributed by atoms with Crippen molar-refractivity contribution >= 4 is 13.3 Å². The van der Waals surface area contributed by atoms with Gasteiger partial charge >= 0.3 is 13.3 Å². The highest BCUT2D eigenvalue weighted by atomic mass is 16.6. The summed E-state index contributed by atoms with van der Waals surface area (Å²) in [6, 6.07) is 1.35. The monoisotopic (exact) mass is 211 g/mol. The van der Waals surface area contributed by atoms with Crippen molar-refractivity contribution in [3.63, 3.8) is 0 Å². The average molecular weight is 211 g/mol. The molecule has 0 aliphatic carbocycles. The molecule has 0 saturated carbocycles. The number of ether oxygens (including phenoxy) is 1. The molecule has 0 aromatic carbocycles. The van der Waals surface area contributed by atoms with Crippen molar-refractivity contribution in [1.29, 1.82) is 0 Å². The van der Waals surface area contributed by atoms with Crippen LogP contribution in [0.5, 0.6) is 5.75 Å². The quantitative estimate of drug-likeness (QED) is 0.518. The number of carbonyl (C=O) groups excluding carboxylic acids is 1. The number of nitrogens with zero attached hydrogens (tertiary/aromatic N) is 1. The van der Waals surface area contributed by atoms with E-state index in [0.29, 0.717) is 5.69 Å². The second kappa shape index (κ2) is 4.76. The van der Waals surface area contributed by atoms with Crippen molar-refractivity contribution in [2.75, 3.05) is 7.11 Å². The van der Waals surface area contributed by atoms with Gasteiger partial charge in [-0.1, -0.05) is 0 Å². The van der Waals surface area contributed by atoms with E-state index < -0.39 is 13.3 Å². The smallest absolute Gasteiger partial charge is 0.511 e. The van der Waals surface area contributed by atoms with Gasteiger partial charge in [0.05, 0.1) is 12.8 Å². The molecule has 0 radical (unpaired) electrons. The summed E-state index contributed by atoms with van der Waals surface area (Å²) in [6.07, 6.45) is 1.39. The van der Waals surface area contributed by atoms with E-state index in [1.165, 1.54) is 19.4 Å². The van der Waals surface area contributed by atoms with E-state index in [1.54, 1.807) is 6.92 Å². The Hall–Kier alpha value is -1.60. The Labute approximate surface area is 86.7 Å². The Bertz CT molecular complexity index is 368. The third-order valence-corrected chi connectivity index (χ3v) is 1.72. The van der Waals surface area contributed by atoms with Crippen molar-refractivity contribution in [3.05, 3.63) is 23.5 Å². The molecule has 0 bridgehead atoms. The largest absolute Gasteiger partial charge is 0.707 e. The van der Waals surface area contributed by atoms with Crippen LogP contribution in [0.1, 0.15) is 16.1 Å². The van der Waals surface area contributed by atoms with Gasteiger partial charge in [0.25, 0.3) is 0 Å². The first kappa shape index (κ1) is 11.5. The molecular weight excluding hydrogens is 201 g/mol. The lowest BCUT2D eigenvalue weighted by Crippen LogP contribution is -2.22. The van der Waals surface area contributed by atoms with Crippen LogP contribution in [0.4, 0.5) is 0 Å². The zero-order valence-corrected chi connectivity index (χ0v) is 8.30. The predicted molar refractivity (Wildman–Crippen MR) is 51.1 cm³/mol. The number of pyridine rings is 1. The van der Waals surface area contributed by atoms with Crippen molar-refractivity contribution < 1.29 is 24.2 Å². The molecule has 0 fully saturated rings. The molecule has 0 spiro atoms. The normalized spacial score (nSPS) is 9.60. The fourth-order valence-electron chi connectivity index (χ4n) is 1.11. The molecule has 80 valence electrons. The van der Waals surface area contributed by atoms with Gasteiger partial charge in [-0.3, -0.25) is 4.98 Å². The molecule has 1 aromatic rings. The van der Waals surface area contributed by atoms with Crippen LogP contribution in [-0.4, -0.2) is 35.4 Å². The maximum absolute atomic E-state index is 11.3. The van der Waals surface area contributed by atoms with Crippen LogP contribution in [0.2, 0.25) is 0 Å². The van der Waals surface area contributed by atoms with Gasteiger partial charge in [0.2, 0.25) is 0 Å². The van der Waals surface area contributed by atoms with Crippen molar-refractivity contribution in [3.8, 4) is 5.75 Å². The Balaban J connectivity index is 3.14. The highest BCUT2D eigenvalue weighted by Gasteiger charge is 2.21. The summed E-state index contributed by atoms with van der Waals surface area (Å²) in [6.45, 7) is 1.59. The summed E-state index contributed by atoms with van der Waals surface area (Å²) in [7, 11) is -0.774. The van der Waals surface area contributed by atoms with Gasteiger partial charge in [0.1, 0.15) is 11.3 Å². The molecule has 0 saturated heterocycles. The predicted octanol–water partition coefficient (Wildman–Crippen LogP) is -0.475. The number of esters is 1. The standard InChI is InChI=1S/C8H10BNO5/c1-5-7(8(11)14-2)6(3-4-10-5)15-9(12)13/h3-4,12-13H,1-2H3. The average Bonchev–Trinajstić information content (AvgIpc) is 2.16. The molecule has 2 N–H and O–H groups in total. The second-order valence-electron chi connectivity index (χ2n) is 2.71. The van der Waals surface area contributed by atoms with Crippen LogP contribution in [0.25, 0.3) is 0 Å². The van der Waals surface area contributed by atoms with Gasteiger partial charge in [0, 0.05) is 6.20 Å². The Morgan fingerprint density at radius 2 is 2.20 bits per heavy atom. The molecule has 0 atom stereocenters. The molecule has 0 amide bonds. The van der Waals surface area contributed by atoms with Crippen LogP contribution >= 0.6 is 0 Å². The summed E-state index contributed by atoms with van der Waals surface area (Å²) in [5.74, 6) is -0.624. The molecule has 15 heavy (non-hydrogen) atoms. The molecule has 1 rings (SSSR count). The molecule has 1 aromatic heterocycles. The number of rotatable bonds is 3. The second-order valence-corrected chi connectivity index (χ2v) is 2.71.